The van der Waals surface area contributed by atoms with E-state index < -0.39 is 0 Å². The summed E-state index contributed by atoms with van der Waals surface area (Å²) in [6.45, 7) is 4.34. The second-order valence-corrected chi connectivity index (χ2v) is 7.27. The highest BCUT2D eigenvalue weighted by atomic mass is 32.1. The van der Waals surface area contributed by atoms with Gasteiger partial charge in [0.05, 0.1) is 12.1 Å². The highest BCUT2D eigenvalue weighted by Crippen LogP contribution is 2.28. The Morgan fingerprint density at radius 2 is 2.29 bits per heavy atom. The molecule has 1 aliphatic carbocycles. The lowest BCUT2D eigenvalue weighted by Gasteiger charge is -2.05. The zero-order chi connectivity index (χ0) is 16.8. The molecule has 0 atom stereocenters. The van der Waals surface area contributed by atoms with E-state index >= 15 is 0 Å². The van der Waals surface area contributed by atoms with Crippen LogP contribution < -0.4 is 5.32 Å². The molecule has 1 aromatic heterocycles. The summed E-state index contributed by atoms with van der Waals surface area (Å²) >= 11 is 1.59. The van der Waals surface area contributed by atoms with Gasteiger partial charge in [-0.3, -0.25) is 4.79 Å². The SMILES string of the molecule is Cc1cccc(-c2nc(CC(=O)NCCCOCC3CC3)cs2)c1. The third-order valence-corrected chi connectivity index (χ3v) is 4.94. The number of aromatic nitrogens is 1. The third kappa shape index (κ3) is 5.42. The molecule has 0 radical (unpaired) electrons. The Hall–Kier alpha value is -1.72. The monoisotopic (exact) mass is 344 g/mol. The number of nitrogens with one attached hydrogen (secondary N) is 1. The predicted molar refractivity (Wildman–Crippen MR) is 97.2 cm³/mol. The quantitative estimate of drug-likeness (QED) is 0.707. The van der Waals surface area contributed by atoms with Crippen LogP contribution in [0.1, 0.15) is 30.5 Å². The van der Waals surface area contributed by atoms with Gasteiger partial charge in [-0.1, -0.05) is 23.8 Å². The lowest BCUT2D eigenvalue weighted by atomic mass is 10.1. The first-order valence-corrected chi connectivity index (χ1v) is 9.44. The highest BCUT2D eigenvalue weighted by Gasteiger charge is 2.20. The number of carbonyl (C=O) groups excluding carboxylic acids is 1. The summed E-state index contributed by atoms with van der Waals surface area (Å²) in [7, 11) is 0. The predicted octanol–water partition coefficient (Wildman–Crippen LogP) is 3.59. The molecular weight excluding hydrogens is 320 g/mol. The molecule has 0 unspecified atom stereocenters. The van der Waals surface area contributed by atoms with Gasteiger partial charge in [0.15, 0.2) is 0 Å². The maximum Gasteiger partial charge on any atom is 0.226 e. The Morgan fingerprint density at radius 1 is 1.42 bits per heavy atom. The maximum absolute atomic E-state index is 12.0. The van der Waals surface area contributed by atoms with E-state index in [0.717, 1.165) is 41.8 Å². The van der Waals surface area contributed by atoms with Crippen molar-refractivity contribution in [2.45, 2.75) is 32.6 Å². The number of thiazole rings is 1. The minimum absolute atomic E-state index is 0.0262. The molecule has 4 nitrogen and oxygen atoms in total. The average Bonchev–Trinajstić information content (AvgIpc) is 3.28. The van der Waals surface area contributed by atoms with Gasteiger partial charge in [0.2, 0.25) is 5.91 Å². The average molecular weight is 344 g/mol. The molecule has 5 heteroatoms. The summed E-state index contributed by atoms with van der Waals surface area (Å²) in [5.41, 5.74) is 3.16. The summed E-state index contributed by atoms with van der Waals surface area (Å²) in [5, 5.41) is 5.87. The van der Waals surface area contributed by atoms with Gasteiger partial charge in [-0.05, 0) is 38.2 Å². The van der Waals surface area contributed by atoms with Crippen LogP contribution in [-0.4, -0.2) is 30.6 Å². The van der Waals surface area contributed by atoms with Crippen LogP contribution in [0.2, 0.25) is 0 Å². The van der Waals surface area contributed by atoms with Crippen LogP contribution in [0.25, 0.3) is 10.6 Å². The van der Waals surface area contributed by atoms with E-state index in [9.17, 15) is 4.79 Å². The van der Waals surface area contributed by atoms with E-state index in [2.05, 4.69) is 35.4 Å². The van der Waals surface area contributed by atoms with E-state index in [1.165, 1.54) is 18.4 Å². The van der Waals surface area contributed by atoms with Crippen LogP contribution in [0, 0.1) is 12.8 Å². The van der Waals surface area contributed by atoms with Gasteiger partial charge in [0.25, 0.3) is 0 Å². The second kappa shape index (κ2) is 8.40. The van der Waals surface area contributed by atoms with Crippen molar-refractivity contribution in [2.24, 2.45) is 5.92 Å². The number of rotatable bonds is 9. The molecular formula is C19H24N2O2S. The van der Waals surface area contributed by atoms with Gasteiger partial charge in [0.1, 0.15) is 5.01 Å². The van der Waals surface area contributed by atoms with Crippen molar-refractivity contribution < 1.29 is 9.53 Å². The van der Waals surface area contributed by atoms with Crippen molar-refractivity contribution in [1.82, 2.24) is 10.3 Å². The number of amides is 1. The van der Waals surface area contributed by atoms with Gasteiger partial charge >= 0.3 is 0 Å². The van der Waals surface area contributed by atoms with Gasteiger partial charge in [-0.2, -0.15) is 0 Å². The summed E-state index contributed by atoms with van der Waals surface area (Å²) in [6, 6.07) is 8.27. The first kappa shape index (κ1) is 17.1. The molecule has 2 aromatic rings. The van der Waals surface area contributed by atoms with Crippen LogP contribution in [0.3, 0.4) is 0 Å². The lowest BCUT2D eigenvalue weighted by Crippen LogP contribution is -2.27. The molecule has 0 aliphatic heterocycles. The lowest BCUT2D eigenvalue weighted by molar-refractivity contribution is -0.120. The van der Waals surface area contributed by atoms with Crippen molar-refractivity contribution in [3.8, 4) is 10.6 Å². The molecule has 1 saturated carbocycles. The molecule has 1 aliphatic rings. The van der Waals surface area contributed by atoms with E-state index in [-0.39, 0.29) is 5.91 Å². The van der Waals surface area contributed by atoms with Crippen molar-refractivity contribution in [3.63, 3.8) is 0 Å². The van der Waals surface area contributed by atoms with Crippen LogP contribution >= 0.6 is 11.3 Å². The van der Waals surface area contributed by atoms with E-state index in [1.807, 2.05) is 11.4 Å². The Labute approximate surface area is 147 Å². The van der Waals surface area contributed by atoms with E-state index in [0.29, 0.717) is 13.0 Å². The summed E-state index contributed by atoms with van der Waals surface area (Å²) in [4.78, 5) is 16.6. The zero-order valence-corrected chi connectivity index (χ0v) is 14.9. The Bertz CT molecular complexity index is 680. The second-order valence-electron chi connectivity index (χ2n) is 6.41. The fourth-order valence-corrected chi connectivity index (χ4v) is 3.28. The van der Waals surface area contributed by atoms with Crippen molar-refractivity contribution in [1.29, 1.82) is 0 Å². The Balaban J connectivity index is 1.38. The van der Waals surface area contributed by atoms with Gasteiger partial charge in [-0.25, -0.2) is 4.98 Å². The molecule has 3 rings (SSSR count). The van der Waals surface area contributed by atoms with Crippen LogP contribution in [0.15, 0.2) is 29.6 Å². The Kier molecular flexibility index (Phi) is 5.99. The van der Waals surface area contributed by atoms with Crippen LogP contribution in [-0.2, 0) is 16.0 Å². The standard InChI is InChI=1S/C19H24N2O2S/c1-14-4-2-5-16(10-14)19-21-17(13-24-19)11-18(22)20-8-3-9-23-12-15-6-7-15/h2,4-5,10,13,15H,3,6-9,11-12H2,1H3,(H,20,22). The fraction of sp³-hybridized carbons (Fsp3) is 0.474. The van der Waals surface area contributed by atoms with E-state index in [1.54, 1.807) is 11.3 Å². The zero-order valence-electron chi connectivity index (χ0n) is 14.1. The van der Waals surface area contributed by atoms with Gasteiger partial charge < -0.3 is 10.1 Å². The number of aryl methyl sites for hydroxylation is 1. The number of hydrogen-bond acceptors (Lipinski definition) is 4. The number of ether oxygens (including phenoxy) is 1. The maximum atomic E-state index is 12.0. The molecule has 1 N–H and O–H groups in total. The van der Waals surface area contributed by atoms with Crippen LogP contribution in [0.5, 0.6) is 0 Å². The number of nitrogens with zero attached hydrogens (tertiary/aromatic N) is 1. The number of carbonyl (C=O) groups is 1. The molecule has 1 amide bonds. The minimum Gasteiger partial charge on any atom is -0.381 e. The summed E-state index contributed by atoms with van der Waals surface area (Å²) < 4.78 is 5.56. The first-order chi connectivity index (χ1) is 11.7. The largest absolute Gasteiger partial charge is 0.381 e. The smallest absolute Gasteiger partial charge is 0.226 e. The molecule has 1 heterocycles. The number of benzene rings is 1. The summed E-state index contributed by atoms with van der Waals surface area (Å²) in [5.74, 6) is 0.824. The molecule has 24 heavy (non-hydrogen) atoms. The van der Waals surface area contributed by atoms with Crippen molar-refractivity contribution in [2.75, 3.05) is 19.8 Å². The third-order valence-electron chi connectivity index (χ3n) is 4.00. The molecule has 1 aromatic carbocycles. The summed E-state index contributed by atoms with van der Waals surface area (Å²) in [6.07, 6.45) is 3.83. The highest BCUT2D eigenvalue weighted by molar-refractivity contribution is 7.13. The first-order valence-electron chi connectivity index (χ1n) is 8.56. The molecule has 0 bridgehead atoms. The van der Waals surface area contributed by atoms with Crippen molar-refractivity contribution in [3.05, 3.63) is 40.9 Å². The molecule has 0 spiro atoms. The molecule has 0 saturated heterocycles. The minimum atomic E-state index is 0.0262. The molecule has 1 fully saturated rings. The number of hydrogen-bond donors (Lipinski definition) is 1. The molecule has 128 valence electrons. The fourth-order valence-electron chi connectivity index (χ4n) is 2.46. The normalized spacial score (nSPS) is 13.9. The van der Waals surface area contributed by atoms with Crippen LogP contribution in [0.4, 0.5) is 0 Å². The Morgan fingerprint density at radius 3 is 3.08 bits per heavy atom. The van der Waals surface area contributed by atoms with Crippen molar-refractivity contribution >= 4 is 17.2 Å². The van der Waals surface area contributed by atoms with Gasteiger partial charge in [0, 0.05) is 30.7 Å². The topological polar surface area (TPSA) is 51.2 Å². The van der Waals surface area contributed by atoms with E-state index in [4.69, 9.17) is 4.74 Å². The van der Waals surface area contributed by atoms with Gasteiger partial charge in [-0.15, -0.1) is 11.3 Å².